The SMILES string of the molecule is CCc1ccc(C(=O)OCc2nnc(-c3cc(C)oc3C)o2)cc1. The third-order valence-corrected chi connectivity index (χ3v) is 3.66. The molecule has 0 atom stereocenters. The first kappa shape index (κ1) is 16.0. The molecular weight excluding hydrogens is 308 g/mol. The third-order valence-electron chi connectivity index (χ3n) is 3.66. The second-order valence-corrected chi connectivity index (χ2v) is 5.45. The van der Waals surface area contributed by atoms with Crippen LogP contribution in [0.3, 0.4) is 0 Å². The van der Waals surface area contributed by atoms with Gasteiger partial charge >= 0.3 is 5.97 Å². The van der Waals surface area contributed by atoms with Crippen molar-refractivity contribution < 1.29 is 18.4 Å². The van der Waals surface area contributed by atoms with E-state index in [2.05, 4.69) is 17.1 Å². The molecule has 2 heterocycles. The lowest BCUT2D eigenvalue weighted by molar-refractivity contribution is 0.0438. The van der Waals surface area contributed by atoms with E-state index < -0.39 is 5.97 Å². The zero-order chi connectivity index (χ0) is 17.1. The Morgan fingerprint density at radius 2 is 1.88 bits per heavy atom. The molecule has 6 heteroatoms. The Kier molecular flexibility index (Phi) is 4.46. The van der Waals surface area contributed by atoms with Gasteiger partial charge in [-0.05, 0) is 44.0 Å². The number of hydrogen-bond donors (Lipinski definition) is 0. The predicted octanol–water partition coefficient (Wildman–Crippen LogP) is 3.87. The fourth-order valence-corrected chi connectivity index (χ4v) is 2.35. The minimum Gasteiger partial charge on any atom is -0.466 e. The van der Waals surface area contributed by atoms with Crippen LogP contribution < -0.4 is 0 Å². The first-order valence-electron chi connectivity index (χ1n) is 7.72. The summed E-state index contributed by atoms with van der Waals surface area (Å²) >= 11 is 0. The van der Waals surface area contributed by atoms with Crippen molar-refractivity contribution >= 4 is 5.97 Å². The van der Waals surface area contributed by atoms with Crippen LogP contribution in [0.5, 0.6) is 0 Å². The zero-order valence-corrected chi connectivity index (χ0v) is 13.8. The van der Waals surface area contributed by atoms with E-state index in [1.165, 1.54) is 5.56 Å². The highest BCUT2D eigenvalue weighted by Gasteiger charge is 2.16. The van der Waals surface area contributed by atoms with Gasteiger partial charge in [-0.2, -0.15) is 0 Å². The van der Waals surface area contributed by atoms with E-state index in [1.54, 1.807) is 12.1 Å². The molecule has 0 saturated heterocycles. The normalized spacial score (nSPS) is 10.8. The van der Waals surface area contributed by atoms with Crippen molar-refractivity contribution in [3.63, 3.8) is 0 Å². The Hall–Kier alpha value is -2.89. The fraction of sp³-hybridized carbons (Fsp3) is 0.278. The Morgan fingerprint density at radius 1 is 1.12 bits per heavy atom. The van der Waals surface area contributed by atoms with E-state index >= 15 is 0 Å². The van der Waals surface area contributed by atoms with Gasteiger partial charge < -0.3 is 13.6 Å². The minimum atomic E-state index is -0.423. The van der Waals surface area contributed by atoms with Crippen molar-refractivity contribution in [2.24, 2.45) is 0 Å². The largest absolute Gasteiger partial charge is 0.466 e. The maximum Gasteiger partial charge on any atom is 0.338 e. The molecule has 0 amide bonds. The summed E-state index contributed by atoms with van der Waals surface area (Å²) in [6, 6.07) is 9.14. The van der Waals surface area contributed by atoms with Crippen molar-refractivity contribution in [1.29, 1.82) is 0 Å². The van der Waals surface area contributed by atoms with Gasteiger partial charge in [-0.1, -0.05) is 19.1 Å². The van der Waals surface area contributed by atoms with E-state index in [-0.39, 0.29) is 12.5 Å². The Balaban J connectivity index is 1.64. The van der Waals surface area contributed by atoms with Crippen molar-refractivity contribution in [3.05, 3.63) is 58.9 Å². The average molecular weight is 326 g/mol. The maximum atomic E-state index is 12.0. The molecule has 0 bridgehead atoms. The summed E-state index contributed by atoms with van der Waals surface area (Å²) in [6.45, 7) is 5.66. The van der Waals surface area contributed by atoms with Gasteiger partial charge in [-0.15, -0.1) is 10.2 Å². The van der Waals surface area contributed by atoms with Crippen LogP contribution in [0.15, 0.2) is 39.2 Å². The highest BCUT2D eigenvalue weighted by molar-refractivity contribution is 5.89. The molecule has 0 fully saturated rings. The van der Waals surface area contributed by atoms with Crippen LogP contribution in [0, 0.1) is 13.8 Å². The van der Waals surface area contributed by atoms with Gasteiger partial charge in [0.15, 0.2) is 6.61 Å². The van der Waals surface area contributed by atoms with Gasteiger partial charge in [-0.3, -0.25) is 0 Å². The molecule has 0 spiro atoms. The van der Waals surface area contributed by atoms with E-state index in [0.29, 0.717) is 17.2 Å². The molecule has 0 radical (unpaired) electrons. The molecule has 0 saturated carbocycles. The van der Waals surface area contributed by atoms with E-state index in [0.717, 1.165) is 17.7 Å². The molecule has 0 aliphatic rings. The first-order chi connectivity index (χ1) is 11.6. The molecule has 124 valence electrons. The van der Waals surface area contributed by atoms with Crippen LogP contribution in [0.4, 0.5) is 0 Å². The number of nitrogens with zero attached hydrogens (tertiary/aromatic N) is 2. The van der Waals surface area contributed by atoms with Gasteiger partial charge in [0.05, 0.1) is 11.1 Å². The van der Waals surface area contributed by atoms with E-state index in [4.69, 9.17) is 13.6 Å². The first-order valence-corrected chi connectivity index (χ1v) is 7.72. The van der Waals surface area contributed by atoms with Crippen molar-refractivity contribution in [1.82, 2.24) is 10.2 Å². The molecule has 3 aromatic rings. The number of carbonyl (C=O) groups excluding carboxylic acids is 1. The quantitative estimate of drug-likeness (QED) is 0.662. The Morgan fingerprint density at radius 3 is 2.50 bits per heavy atom. The lowest BCUT2D eigenvalue weighted by Crippen LogP contribution is -2.05. The van der Waals surface area contributed by atoms with Crippen LogP contribution in [0.2, 0.25) is 0 Å². The summed E-state index contributed by atoms with van der Waals surface area (Å²) in [5, 5.41) is 7.87. The summed E-state index contributed by atoms with van der Waals surface area (Å²) in [4.78, 5) is 12.0. The number of ether oxygens (including phenoxy) is 1. The number of aromatic nitrogens is 2. The molecular formula is C18H18N2O4. The molecule has 0 unspecified atom stereocenters. The van der Waals surface area contributed by atoms with Gasteiger partial charge in [0.1, 0.15) is 11.5 Å². The molecule has 24 heavy (non-hydrogen) atoms. The van der Waals surface area contributed by atoms with Crippen LogP contribution in [0.1, 0.15) is 40.3 Å². The van der Waals surface area contributed by atoms with Crippen molar-refractivity contribution in [2.75, 3.05) is 0 Å². The van der Waals surface area contributed by atoms with Crippen molar-refractivity contribution in [2.45, 2.75) is 33.8 Å². The smallest absolute Gasteiger partial charge is 0.338 e. The number of aryl methyl sites for hydroxylation is 3. The van der Waals surface area contributed by atoms with Gasteiger partial charge in [0.25, 0.3) is 11.8 Å². The Bertz CT molecular complexity index is 846. The fourth-order valence-electron chi connectivity index (χ4n) is 2.35. The number of benzene rings is 1. The average Bonchev–Trinajstić information content (AvgIpc) is 3.18. The minimum absolute atomic E-state index is 0.0722. The zero-order valence-electron chi connectivity index (χ0n) is 13.8. The van der Waals surface area contributed by atoms with Gasteiger partial charge in [0.2, 0.25) is 0 Å². The summed E-state index contributed by atoms with van der Waals surface area (Å²) in [5.74, 6) is 1.64. The number of esters is 1. The van der Waals surface area contributed by atoms with Crippen molar-refractivity contribution in [3.8, 4) is 11.5 Å². The molecule has 2 aromatic heterocycles. The Labute approximate surface area is 139 Å². The van der Waals surface area contributed by atoms with Crippen LogP contribution >= 0.6 is 0 Å². The maximum absolute atomic E-state index is 12.0. The monoisotopic (exact) mass is 326 g/mol. The lowest BCUT2D eigenvalue weighted by Gasteiger charge is -2.03. The third kappa shape index (κ3) is 3.37. The van der Waals surface area contributed by atoms with Crippen LogP contribution in [0.25, 0.3) is 11.5 Å². The van der Waals surface area contributed by atoms with Gasteiger partial charge in [0, 0.05) is 0 Å². The second kappa shape index (κ2) is 6.70. The van der Waals surface area contributed by atoms with Crippen LogP contribution in [-0.2, 0) is 17.8 Å². The van der Waals surface area contributed by atoms with Gasteiger partial charge in [-0.25, -0.2) is 4.79 Å². The number of furan rings is 1. The highest BCUT2D eigenvalue weighted by Crippen LogP contribution is 2.25. The number of hydrogen-bond acceptors (Lipinski definition) is 6. The predicted molar refractivity (Wildman–Crippen MR) is 86.4 cm³/mol. The molecule has 1 aromatic carbocycles. The standard InChI is InChI=1S/C18H18N2O4/c1-4-13-5-7-14(8-6-13)18(21)22-10-16-19-20-17(24-16)15-9-11(2)23-12(15)3/h5-9H,4,10H2,1-3H3. The molecule has 3 rings (SSSR count). The molecule has 0 aliphatic heterocycles. The topological polar surface area (TPSA) is 78.4 Å². The summed E-state index contributed by atoms with van der Waals surface area (Å²) in [5.41, 5.74) is 2.40. The number of carbonyl (C=O) groups is 1. The van der Waals surface area contributed by atoms with E-state index in [1.807, 2.05) is 32.0 Å². The van der Waals surface area contributed by atoms with E-state index in [9.17, 15) is 4.79 Å². The summed E-state index contributed by atoms with van der Waals surface area (Å²) in [6.07, 6.45) is 0.924. The van der Waals surface area contributed by atoms with Crippen LogP contribution in [-0.4, -0.2) is 16.2 Å². The second-order valence-electron chi connectivity index (χ2n) is 5.45. The molecule has 6 nitrogen and oxygen atoms in total. The lowest BCUT2D eigenvalue weighted by atomic mass is 10.1. The summed E-state index contributed by atoms with van der Waals surface area (Å²) in [7, 11) is 0. The molecule has 0 aliphatic carbocycles. The highest BCUT2D eigenvalue weighted by atomic mass is 16.5. The summed E-state index contributed by atoms with van der Waals surface area (Å²) < 4.78 is 16.2. The number of rotatable bonds is 5. The molecule has 0 N–H and O–H groups in total.